The number of thioether (sulfide) groups is 1. The normalized spacial score (nSPS) is 27.6. The Balaban J connectivity index is 2.33. The molecule has 0 heterocycles. The van der Waals surface area contributed by atoms with Gasteiger partial charge >= 0.3 is 5.97 Å². The van der Waals surface area contributed by atoms with E-state index in [1.54, 1.807) is 0 Å². The minimum atomic E-state index is -0.700. The highest BCUT2D eigenvalue weighted by molar-refractivity contribution is 7.99. The highest BCUT2D eigenvalue weighted by Crippen LogP contribution is 2.27. The van der Waals surface area contributed by atoms with Crippen molar-refractivity contribution >= 4 is 17.7 Å². The molecule has 16 heavy (non-hydrogen) atoms. The smallest absolute Gasteiger partial charge is 0.320 e. The third kappa shape index (κ3) is 4.34. The first-order valence-electron chi connectivity index (χ1n) is 6.19. The fourth-order valence-corrected chi connectivity index (χ4v) is 3.06. The maximum atomic E-state index is 11.0. The van der Waals surface area contributed by atoms with Crippen LogP contribution in [0.25, 0.3) is 0 Å². The topological polar surface area (TPSA) is 49.3 Å². The van der Waals surface area contributed by atoms with Crippen LogP contribution >= 0.6 is 11.8 Å². The summed E-state index contributed by atoms with van der Waals surface area (Å²) in [5, 5.41) is 13.1. The van der Waals surface area contributed by atoms with Gasteiger partial charge in [0.05, 0.1) is 0 Å². The molecule has 1 unspecified atom stereocenters. The van der Waals surface area contributed by atoms with Crippen LogP contribution in [-0.2, 0) is 4.79 Å². The standard InChI is InChI=1S/C12H23NO2S/c1-3-4-11(12(14)15)13-9-5-7-10(16-2)8-6-9/h9-11,13H,3-8H2,1-2H3,(H,14,15). The highest BCUT2D eigenvalue weighted by Gasteiger charge is 2.25. The van der Waals surface area contributed by atoms with E-state index in [1.165, 1.54) is 12.8 Å². The average molecular weight is 245 g/mol. The summed E-state index contributed by atoms with van der Waals surface area (Å²) in [6, 6.07) is 0.0666. The highest BCUT2D eigenvalue weighted by atomic mass is 32.2. The van der Waals surface area contributed by atoms with Crippen molar-refractivity contribution in [3.05, 3.63) is 0 Å². The lowest BCUT2D eigenvalue weighted by molar-refractivity contribution is -0.140. The van der Waals surface area contributed by atoms with Gasteiger partial charge in [0, 0.05) is 11.3 Å². The number of carboxylic acids is 1. The summed E-state index contributed by atoms with van der Waals surface area (Å²) in [7, 11) is 0. The molecule has 0 bridgehead atoms. The van der Waals surface area contributed by atoms with E-state index in [0.29, 0.717) is 6.04 Å². The third-order valence-corrected chi connectivity index (χ3v) is 4.46. The molecule has 1 rings (SSSR count). The fraction of sp³-hybridized carbons (Fsp3) is 0.917. The van der Waals surface area contributed by atoms with Crippen molar-refractivity contribution in [3.63, 3.8) is 0 Å². The second kappa shape index (κ2) is 7.17. The van der Waals surface area contributed by atoms with Crippen molar-refractivity contribution in [3.8, 4) is 0 Å². The summed E-state index contributed by atoms with van der Waals surface area (Å²) >= 11 is 1.94. The molecule has 0 aromatic rings. The number of hydrogen-bond donors (Lipinski definition) is 2. The third-order valence-electron chi connectivity index (χ3n) is 3.32. The van der Waals surface area contributed by atoms with Gasteiger partial charge in [-0.15, -0.1) is 0 Å². The van der Waals surface area contributed by atoms with E-state index in [4.69, 9.17) is 5.11 Å². The summed E-state index contributed by atoms with van der Waals surface area (Å²) in [4.78, 5) is 11.0. The van der Waals surface area contributed by atoms with Crippen LogP contribution in [0.4, 0.5) is 0 Å². The molecule has 1 fully saturated rings. The number of carboxylic acid groups (broad SMARTS) is 1. The van der Waals surface area contributed by atoms with E-state index in [0.717, 1.165) is 30.9 Å². The second-order valence-electron chi connectivity index (χ2n) is 4.56. The van der Waals surface area contributed by atoms with Gasteiger partial charge in [-0.05, 0) is 38.4 Å². The van der Waals surface area contributed by atoms with Crippen molar-refractivity contribution in [1.29, 1.82) is 0 Å². The van der Waals surface area contributed by atoms with Crippen molar-refractivity contribution in [2.45, 2.75) is 62.8 Å². The lowest BCUT2D eigenvalue weighted by Gasteiger charge is -2.30. The van der Waals surface area contributed by atoms with Crippen molar-refractivity contribution in [2.75, 3.05) is 6.26 Å². The monoisotopic (exact) mass is 245 g/mol. The first-order valence-corrected chi connectivity index (χ1v) is 7.47. The van der Waals surface area contributed by atoms with Gasteiger partial charge in [-0.25, -0.2) is 0 Å². The SMILES string of the molecule is CCCC(NC1CCC(SC)CC1)C(=O)O. The molecule has 0 aliphatic heterocycles. The molecule has 1 aliphatic rings. The van der Waals surface area contributed by atoms with Gasteiger partial charge in [-0.3, -0.25) is 4.79 Å². The predicted octanol–water partition coefficient (Wildman–Crippen LogP) is 2.50. The minimum Gasteiger partial charge on any atom is -0.480 e. The maximum Gasteiger partial charge on any atom is 0.320 e. The zero-order chi connectivity index (χ0) is 12.0. The molecule has 3 nitrogen and oxygen atoms in total. The Morgan fingerprint density at radius 3 is 2.50 bits per heavy atom. The van der Waals surface area contributed by atoms with Crippen LogP contribution < -0.4 is 5.32 Å². The summed E-state index contributed by atoms with van der Waals surface area (Å²) in [6.07, 6.45) is 8.50. The molecule has 4 heteroatoms. The quantitative estimate of drug-likeness (QED) is 0.755. The van der Waals surface area contributed by atoms with E-state index in [2.05, 4.69) is 11.6 Å². The first-order chi connectivity index (χ1) is 7.67. The van der Waals surface area contributed by atoms with E-state index < -0.39 is 5.97 Å². The lowest BCUT2D eigenvalue weighted by Crippen LogP contribution is -2.45. The van der Waals surface area contributed by atoms with Gasteiger partial charge in [0.2, 0.25) is 0 Å². The number of carbonyl (C=O) groups is 1. The van der Waals surface area contributed by atoms with Gasteiger partial charge in [-0.2, -0.15) is 11.8 Å². The van der Waals surface area contributed by atoms with E-state index in [9.17, 15) is 4.79 Å². The van der Waals surface area contributed by atoms with Gasteiger partial charge < -0.3 is 10.4 Å². The van der Waals surface area contributed by atoms with Gasteiger partial charge in [0.1, 0.15) is 6.04 Å². The molecule has 0 amide bonds. The Labute approximate surface area is 102 Å². The summed E-state index contributed by atoms with van der Waals surface area (Å²) in [6.45, 7) is 2.03. The Hall–Kier alpha value is -0.220. The average Bonchev–Trinajstić information content (AvgIpc) is 2.29. The zero-order valence-corrected chi connectivity index (χ0v) is 11.1. The van der Waals surface area contributed by atoms with Crippen LogP contribution in [-0.4, -0.2) is 34.7 Å². The molecule has 1 saturated carbocycles. The van der Waals surface area contributed by atoms with Gasteiger partial charge in [0.15, 0.2) is 0 Å². The van der Waals surface area contributed by atoms with E-state index in [-0.39, 0.29) is 6.04 Å². The first kappa shape index (κ1) is 13.8. The minimum absolute atomic E-state index is 0.346. The molecular weight excluding hydrogens is 222 g/mol. The molecule has 0 radical (unpaired) electrons. The number of aliphatic carboxylic acids is 1. The molecular formula is C12H23NO2S. The van der Waals surface area contributed by atoms with Crippen LogP contribution in [0.15, 0.2) is 0 Å². The van der Waals surface area contributed by atoms with Crippen LogP contribution in [0.1, 0.15) is 45.4 Å². The van der Waals surface area contributed by atoms with Crippen molar-refractivity contribution < 1.29 is 9.90 Å². The van der Waals surface area contributed by atoms with Crippen molar-refractivity contribution in [1.82, 2.24) is 5.32 Å². The fourth-order valence-electron chi connectivity index (χ4n) is 2.32. The molecule has 94 valence electrons. The number of rotatable bonds is 6. The molecule has 1 atom stereocenters. The van der Waals surface area contributed by atoms with Gasteiger partial charge in [0.25, 0.3) is 0 Å². The Morgan fingerprint density at radius 1 is 1.44 bits per heavy atom. The van der Waals surface area contributed by atoms with Crippen LogP contribution in [0.5, 0.6) is 0 Å². The van der Waals surface area contributed by atoms with Crippen molar-refractivity contribution in [2.24, 2.45) is 0 Å². The zero-order valence-electron chi connectivity index (χ0n) is 10.2. The van der Waals surface area contributed by atoms with E-state index >= 15 is 0 Å². The van der Waals surface area contributed by atoms with Crippen LogP contribution in [0, 0.1) is 0 Å². The predicted molar refractivity (Wildman–Crippen MR) is 69.0 cm³/mol. The Morgan fingerprint density at radius 2 is 2.06 bits per heavy atom. The summed E-state index contributed by atoms with van der Waals surface area (Å²) in [5.74, 6) is -0.700. The summed E-state index contributed by atoms with van der Waals surface area (Å²) in [5.41, 5.74) is 0. The number of nitrogens with one attached hydrogen (secondary N) is 1. The molecule has 0 spiro atoms. The molecule has 1 aliphatic carbocycles. The van der Waals surface area contributed by atoms with Gasteiger partial charge in [-0.1, -0.05) is 13.3 Å². The van der Waals surface area contributed by atoms with E-state index in [1.807, 2.05) is 18.7 Å². The molecule has 0 aromatic carbocycles. The molecule has 2 N–H and O–H groups in total. The largest absolute Gasteiger partial charge is 0.480 e. The second-order valence-corrected chi connectivity index (χ2v) is 5.69. The molecule has 0 saturated heterocycles. The lowest BCUT2D eigenvalue weighted by atomic mass is 9.94. The molecule has 0 aromatic heterocycles. The maximum absolute atomic E-state index is 11.0. The Kier molecular flexibility index (Phi) is 6.21. The number of hydrogen-bond acceptors (Lipinski definition) is 3. The summed E-state index contributed by atoms with van der Waals surface area (Å²) < 4.78 is 0. The van der Waals surface area contributed by atoms with Crippen LogP contribution in [0.2, 0.25) is 0 Å². The Bertz CT molecular complexity index is 215. The van der Waals surface area contributed by atoms with Crippen LogP contribution in [0.3, 0.4) is 0 Å².